The highest BCUT2D eigenvalue weighted by Crippen LogP contribution is 2.40. The first kappa shape index (κ1) is 17.0. The van der Waals surface area contributed by atoms with Gasteiger partial charge in [0.25, 0.3) is 11.8 Å². The zero-order valence-electron chi connectivity index (χ0n) is 14.5. The summed E-state index contributed by atoms with van der Waals surface area (Å²) in [6, 6.07) is 13.9. The Kier molecular flexibility index (Phi) is 4.65. The van der Waals surface area contributed by atoms with Gasteiger partial charge in [-0.3, -0.25) is 14.6 Å². The van der Waals surface area contributed by atoms with E-state index in [1.54, 1.807) is 36.5 Å². The number of carbonyl (C=O) groups is 2. The van der Waals surface area contributed by atoms with Crippen molar-refractivity contribution in [3.63, 3.8) is 0 Å². The molecule has 2 amide bonds. The predicted octanol–water partition coefficient (Wildman–Crippen LogP) is 3.13. The third-order valence-electron chi connectivity index (χ3n) is 4.28. The summed E-state index contributed by atoms with van der Waals surface area (Å²) in [5.41, 5.74) is 1.97. The lowest BCUT2D eigenvalue weighted by Crippen LogP contribution is -2.23. The number of nitrogens with one attached hydrogen (secondary N) is 2. The SMILES string of the molecule is O=C(NCc1ccccn1)c1cccc(NC(=O)c2cc(C3CC3)on2)c1. The maximum absolute atomic E-state index is 12.3. The fraction of sp³-hybridized carbons (Fsp3) is 0.200. The van der Waals surface area contributed by atoms with Gasteiger partial charge in [-0.25, -0.2) is 0 Å². The van der Waals surface area contributed by atoms with Gasteiger partial charge >= 0.3 is 0 Å². The molecule has 0 spiro atoms. The summed E-state index contributed by atoms with van der Waals surface area (Å²) in [4.78, 5) is 28.8. The summed E-state index contributed by atoms with van der Waals surface area (Å²) in [6.45, 7) is 0.332. The minimum Gasteiger partial charge on any atom is -0.360 e. The number of hydrogen-bond acceptors (Lipinski definition) is 5. The third-order valence-corrected chi connectivity index (χ3v) is 4.28. The smallest absolute Gasteiger partial charge is 0.277 e. The Hall–Kier alpha value is -3.48. The first-order valence-corrected chi connectivity index (χ1v) is 8.75. The Morgan fingerprint density at radius 2 is 1.96 bits per heavy atom. The molecule has 1 aliphatic carbocycles. The molecule has 4 rings (SSSR count). The van der Waals surface area contributed by atoms with Gasteiger partial charge in [-0.05, 0) is 43.2 Å². The van der Waals surface area contributed by atoms with Crippen LogP contribution in [0.25, 0.3) is 0 Å². The zero-order chi connectivity index (χ0) is 18.6. The van der Waals surface area contributed by atoms with E-state index in [0.717, 1.165) is 24.3 Å². The summed E-state index contributed by atoms with van der Waals surface area (Å²) >= 11 is 0. The highest BCUT2D eigenvalue weighted by molar-refractivity contribution is 6.03. The van der Waals surface area contributed by atoms with Crippen LogP contribution in [0.3, 0.4) is 0 Å². The maximum atomic E-state index is 12.3. The van der Waals surface area contributed by atoms with Crippen molar-refractivity contribution in [2.24, 2.45) is 0 Å². The predicted molar refractivity (Wildman–Crippen MR) is 98.3 cm³/mol. The van der Waals surface area contributed by atoms with Gasteiger partial charge in [-0.2, -0.15) is 0 Å². The van der Waals surface area contributed by atoms with Crippen molar-refractivity contribution in [1.29, 1.82) is 0 Å². The largest absolute Gasteiger partial charge is 0.360 e. The van der Waals surface area contributed by atoms with Crippen LogP contribution in [-0.2, 0) is 6.54 Å². The highest BCUT2D eigenvalue weighted by atomic mass is 16.5. The van der Waals surface area contributed by atoms with Crippen LogP contribution in [0.4, 0.5) is 5.69 Å². The number of rotatable bonds is 6. The lowest BCUT2D eigenvalue weighted by molar-refractivity contribution is 0.0949. The van der Waals surface area contributed by atoms with Crippen LogP contribution in [0.5, 0.6) is 0 Å². The molecule has 0 radical (unpaired) electrons. The van der Waals surface area contributed by atoms with Crippen LogP contribution in [0, 0.1) is 0 Å². The van der Waals surface area contributed by atoms with E-state index in [1.165, 1.54) is 0 Å². The number of pyridine rings is 1. The van der Waals surface area contributed by atoms with Crippen molar-refractivity contribution in [1.82, 2.24) is 15.5 Å². The van der Waals surface area contributed by atoms with E-state index >= 15 is 0 Å². The Bertz CT molecular complexity index is 964. The van der Waals surface area contributed by atoms with Crippen molar-refractivity contribution < 1.29 is 14.1 Å². The van der Waals surface area contributed by atoms with Gasteiger partial charge in [0.1, 0.15) is 5.76 Å². The molecule has 7 nitrogen and oxygen atoms in total. The second kappa shape index (κ2) is 7.41. The van der Waals surface area contributed by atoms with Crippen LogP contribution < -0.4 is 10.6 Å². The maximum Gasteiger partial charge on any atom is 0.277 e. The number of hydrogen-bond donors (Lipinski definition) is 2. The molecule has 0 aliphatic heterocycles. The van der Waals surface area contributed by atoms with E-state index in [2.05, 4.69) is 20.8 Å². The van der Waals surface area contributed by atoms with Gasteiger partial charge < -0.3 is 15.2 Å². The molecule has 0 atom stereocenters. The Labute approximate surface area is 155 Å². The number of anilines is 1. The van der Waals surface area contributed by atoms with Crippen LogP contribution in [-0.4, -0.2) is 22.0 Å². The van der Waals surface area contributed by atoms with E-state index in [-0.39, 0.29) is 17.5 Å². The third kappa shape index (κ3) is 4.20. The Morgan fingerprint density at radius 3 is 2.74 bits per heavy atom. The first-order chi connectivity index (χ1) is 13.2. The molecule has 1 aromatic carbocycles. The Morgan fingerprint density at radius 1 is 1.07 bits per heavy atom. The molecule has 3 aromatic rings. The molecule has 27 heavy (non-hydrogen) atoms. The molecule has 2 N–H and O–H groups in total. The monoisotopic (exact) mass is 362 g/mol. The van der Waals surface area contributed by atoms with Gasteiger partial charge in [0.05, 0.1) is 12.2 Å². The van der Waals surface area contributed by atoms with E-state index in [9.17, 15) is 9.59 Å². The zero-order valence-corrected chi connectivity index (χ0v) is 14.5. The summed E-state index contributed by atoms with van der Waals surface area (Å²) in [5, 5.41) is 9.38. The van der Waals surface area contributed by atoms with Gasteiger partial charge in [-0.15, -0.1) is 0 Å². The van der Waals surface area contributed by atoms with Gasteiger partial charge in [0.15, 0.2) is 5.69 Å². The fourth-order valence-corrected chi connectivity index (χ4v) is 2.67. The lowest BCUT2D eigenvalue weighted by atomic mass is 10.2. The van der Waals surface area contributed by atoms with E-state index < -0.39 is 0 Å². The normalized spacial score (nSPS) is 13.2. The van der Waals surface area contributed by atoms with Crippen LogP contribution in [0.1, 0.15) is 51.1 Å². The average molecular weight is 362 g/mol. The molecule has 1 aliphatic rings. The molecular weight excluding hydrogens is 344 g/mol. The molecule has 2 heterocycles. The second-order valence-corrected chi connectivity index (χ2v) is 6.43. The molecular formula is C20H18N4O3. The van der Waals surface area contributed by atoms with E-state index in [1.807, 2.05) is 18.2 Å². The van der Waals surface area contributed by atoms with E-state index in [4.69, 9.17) is 4.52 Å². The average Bonchev–Trinajstić information content (AvgIpc) is 3.43. The standard InChI is InChI=1S/C20H18N4O3/c25-19(22-12-16-5-1-2-9-21-16)14-4-3-6-15(10-14)23-20(26)17-11-18(27-24-17)13-7-8-13/h1-6,9-11,13H,7-8,12H2,(H,22,25)(H,23,26). The number of nitrogens with zero attached hydrogens (tertiary/aromatic N) is 2. The summed E-state index contributed by atoms with van der Waals surface area (Å²) in [5.74, 6) is 0.541. The number of aromatic nitrogens is 2. The fourth-order valence-electron chi connectivity index (χ4n) is 2.67. The number of benzene rings is 1. The lowest BCUT2D eigenvalue weighted by Gasteiger charge is -2.07. The molecule has 136 valence electrons. The van der Waals surface area contributed by atoms with Crippen LogP contribution in [0.15, 0.2) is 59.3 Å². The minimum atomic E-state index is -0.364. The molecule has 2 aromatic heterocycles. The van der Waals surface area contributed by atoms with Gasteiger partial charge in [0, 0.05) is 29.4 Å². The molecule has 7 heteroatoms. The summed E-state index contributed by atoms with van der Waals surface area (Å²) < 4.78 is 5.20. The molecule has 0 saturated heterocycles. The highest BCUT2D eigenvalue weighted by Gasteiger charge is 2.28. The number of amides is 2. The van der Waals surface area contributed by atoms with E-state index in [0.29, 0.717) is 23.7 Å². The van der Waals surface area contributed by atoms with Gasteiger partial charge in [0.2, 0.25) is 0 Å². The van der Waals surface area contributed by atoms with Crippen molar-refractivity contribution in [2.45, 2.75) is 25.3 Å². The first-order valence-electron chi connectivity index (χ1n) is 8.75. The van der Waals surface area contributed by atoms with Crippen molar-refractivity contribution in [3.05, 3.63) is 77.4 Å². The number of carbonyl (C=O) groups excluding carboxylic acids is 2. The van der Waals surface area contributed by atoms with Gasteiger partial charge in [-0.1, -0.05) is 17.3 Å². The summed E-state index contributed by atoms with van der Waals surface area (Å²) in [7, 11) is 0. The van der Waals surface area contributed by atoms with Crippen LogP contribution >= 0.6 is 0 Å². The quantitative estimate of drug-likeness (QED) is 0.702. The van der Waals surface area contributed by atoms with Crippen molar-refractivity contribution in [2.75, 3.05) is 5.32 Å². The summed E-state index contributed by atoms with van der Waals surface area (Å²) in [6.07, 6.45) is 3.83. The topological polar surface area (TPSA) is 97.1 Å². The molecule has 0 bridgehead atoms. The van der Waals surface area contributed by atoms with Crippen molar-refractivity contribution in [3.8, 4) is 0 Å². The Balaban J connectivity index is 1.39. The minimum absolute atomic E-state index is 0.238. The van der Waals surface area contributed by atoms with Crippen molar-refractivity contribution >= 4 is 17.5 Å². The second-order valence-electron chi connectivity index (χ2n) is 6.43. The molecule has 1 saturated carbocycles. The molecule has 0 unspecified atom stereocenters. The van der Waals surface area contributed by atoms with Crippen LogP contribution in [0.2, 0.25) is 0 Å². The molecule has 1 fully saturated rings.